The second-order valence-corrected chi connectivity index (χ2v) is 6.45. The zero-order valence-electron chi connectivity index (χ0n) is 11.3. The van der Waals surface area contributed by atoms with E-state index in [0.717, 1.165) is 6.07 Å². The first-order valence-electron chi connectivity index (χ1n) is 5.79. The third kappa shape index (κ3) is 4.45. The molecule has 1 N–H and O–H groups in total. The second-order valence-electron chi connectivity index (χ2n) is 4.43. The molecule has 8 heteroatoms. The summed E-state index contributed by atoms with van der Waals surface area (Å²) in [6, 6.07) is 3.82. The van der Waals surface area contributed by atoms with Crippen LogP contribution in [0.3, 0.4) is 0 Å². The Bertz CT molecular complexity index is 586. The average Bonchev–Trinajstić information content (AvgIpc) is 2.37. The molecule has 1 rings (SSSR count). The highest BCUT2D eigenvalue weighted by atomic mass is 35.5. The smallest absolute Gasteiger partial charge is 0.337 e. The van der Waals surface area contributed by atoms with Crippen molar-refractivity contribution < 1.29 is 22.8 Å². The van der Waals surface area contributed by atoms with Crippen molar-refractivity contribution in [1.29, 1.82) is 0 Å². The van der Waals surface area contributed by atoms with E-state index in [1.165, 1.54) is 19.2 Å². The number of rotatable bonds is 6. The number of benzene rings is 1. The lowest BCUT2D eigenvalue weighted by Crippen LogP contribution is -2.26. The van der Waals surface area contributed by atoms with Gasteiger partial charge in [-0.2, -0.15) is 0 Å². The number of hydrogen-bond acceptors (Lipinski definition) is 5. The lowest BCUT2D eigenvalue weighted by atomic mass is 10.2. The summed E-state index contributed by atoms with van der Waals surface area (Å²) in [6.45, 7) is 3.96. The van der Waals surface area contributed by atoms with E-state index in [-0.39, 0.29) is 28.0 Å². The second kappa shape index (κ2) is 7.03. The lowest BCUT2D eigenvalue weighted by molar-refractivity contribution is 0.0600. The molecule has 0 aliphatic rings. The molecule has 0 aliphatic heterocycles. The maximum absolute atomic E-state index is 12.0. The number of halogens is 1. The molecule has 0 amide bonds. The molecule has 0 fully saturated rings. The summed E-state index contributed by atoms with van der Waals surface area (Å²) < 4.78 is 28.6. The van der Waals surface area contributed by atoms with Gasteiger partial charge in [0.25, 0.3) is 10.0 Å². The van der Waals surface area contributed by atoms with Gasteiger partial charge in [-0.1, -0.05) is 30.3 Å². The number of carbonyl (C=O) groups is 1. The van der Waals surface area contributed by atoms with Crippen molar-refractivity contribution in [3.05, 3.63) is 28.8 Å². The van der Waals surface area contributed by atoms with Crippen LogP contribution in [0.5, 0.6) is 0 Å². The number of sulfonamides is 1. The molecule has 0 aromatic heterocycles. The minimum absolute atomic E-state index is 0.0155. The third-order valence-corrected chi connectivity index (χ3v) is 3.92. The first-order valence-corrected chi connectivity index (χ1v) is 7.65. The number of hydrogen-bond donors (Lipinski definition) is 1. The molecule has 0 heterocycles. The molecule has 1 aromatic carbocycles. The summed E-state index contributed by atoms with van der Waals surface area (Å²) in [5.41, 5.74) is 0.0844. The van der Waals surface area contributed by atoms with Crippen LogP contribution < -0.4 is 4.89 Å². The van der Waals surface area contributed by atoms with Gasteiger partial charge in [-0.25, -0.2) is 13.2 Å². The molecular formula is C12H16ClNO5S. The van der Waals surface area contributed by atoms with Gasteiger partial charge in [0, 0.05) is 0 Å². The highest BCUT2D eigenvalue weighted by molar-refractivity contribution is 7.89. The Morgan fingerprint density at radius 3 is 2.60 bits per heavy atom. The minimum Gasteiger partial charge on any atom is -0.465 e. The molecule has 0 unspecified atom stereocenters. The normalized spacial score (nSPS) is 11.7. The van der Waals surface area contributed by atoms with E-state index < -0.39 is 16.0 Å². The van der Waals surface area contributed by atoms with Gasteiger partial charge in [0.05, 0.1) is 24.3 Å². The molecule has 112 valence electrons. The van der Waals surface area contributed by atoms with Gasteiger partial charge in [0.1, 0.15) is 4.90 Å². The Morgan fingerprint density at radius 2 is 2.05 bits per heavy atom. The van der Waals surface area contributed by atoms with Crippen LogP contribution in [0.15, 0.2) is 23.1 Å². The monoisotopic (exact) mass is 321 g/mol. The highest BCUT2D eigenvalue weighted by Crippen LogP contribution is 2.23. The Labute approximate surface area is 123 Å². The summed E-state index contributed by atoms with van der Waals surface area (Å²) >= 11 is 5.84. The van der Waals surface area contributed by atoms with Crippen LogP contribution in [-0.2, 0) is 19.6 Å². The van der Waals surface area contributed by atoms with Gasteiger partial charge in [0.15, 0.2) is 0 Å². The van der Waals surface area contributed by atoms with Crippen molar-refractivity contribution in [2.45, 2.75) is 18.7 Å². The maximum atomic E-state index is 12.0. The molecule has 0 aliphatic carbocycles. The molecule has 0 spiro atoms. The molecule has 0 saturated heterocycles. The Kier molecular flexibility index (Phi) is 5.94. The largest absolute Gasteiger partial charge is 0.465 e. The van der Waals surface area contributed by atoms with Gasteiger partial charge >= 0.3 is 5.97 Å². The van der Waals surface area contributed by atoms with Crippen molar-refractivity contribution in [2.75, 3.05) is 13.7 Å². The number of esters is 1. The van der Waals surface area contributed by atoms with E-state index in [1.54, 1.807) is 0 Å². The van der Waals surface area contributed by atoms with Crippen molar-refractivity contribution in [2.24, 2.45) is 5.92 Å². The highest BCUT2D eigenvalue weighted by Gasteiger charge is 2.20. The molecule has 6 nitrogen and oxygen atoms in total. The SMILES string of the molecule is COC(=O)c1ccc(Cl)c(S(=O)(=O)NOCC(C)C)c1. The van der Waals surface area contributed by atoms with E-state index in [4.69, 9.17) is 16.4 Å². The predicted molar refractivity (Wildman–Crippen MR) is 73.9 cm³/mol. The number of methoxy groups -OCH3 is 1. The Balaban J connectivity index is 3.01. The van der Waals surface area contributed by atoms with E-state index in [9.17, 15) is 13.2 Å². The number of ether oxygens (including phenoxy) is 1. The average molecular weight is 322 g/mol. The molecule has 0 radical (unpaired) electrons. The molecule has 0 saturated carbocycles. The van der Waals surface area contributed by atoms with Gasteiger partial charge < -0.3 is 4.74 Å². The van der Waals surface area contributed by atoms with Crippen molar-refractivity contribution in [3.63, 3.8) is 0 Å². The van der Waals surface area contributed by atoms with Crippen molar-refractivity contribution in [1.82, 2.24) is 4.89 Å². The fraction of sp³-hybridized carbons (Fsp3) is 0.417. The van der Waals surface area contributed by atoms with E-state index in [1.807, 2.05) is 18.7 Å². The van der Waals surface area contributed by atoms with Gasteiger partial charge in [-0.15, -0.1) is 0 Å². The molecule has 1 aromatic rings. The predicted octanol–water partition coefficient (Wildman–Crippen LogP) is 1.99. The fourth-order valence-corrected chi connectivity index (χ4v) is 2.62. The first kappa shape index (κ1) is 16.9. The standard InChI is InChI=1S/C12H16ClNO5S/c1-8(2)7-19-14-20(16,17)11-6-9(12(15)18-3)4-5-10(11)13/h4-6,8,14H,7H2,1-3H3. The third-order valence-electron chi connectivity index (χ3n) is 2.23. The summed E-state index contributed by atoms with van der Waals surface area (Å²) in [5.74, 6) is -0.490. The summed E-state index contributed by atoms with van der Waals surface area (Å²) in [7, 11) is -2.76. The summed E-state index contributed by atoms with van der Waals surface area (Å²) in [4.78, 5) is 18.0. The van der Waals surface area contributed by atoms with Crippen LogP contribution in [0.1, 0.15) is 24.2 Å². The van der Waals surface area contributed by atoms with Gasteiger partial charge in [0.2, 0.25) is 0 Å². The molecule has 0 atom stereocenters. The molecular weight excluding hydrogens is 306 g/mol. The maximum Gasteiger partial charge on any atom is 0.337 e. The molecule has 0 bridgehead atoms. The molecule has 20 heavy (non-hydrogen) atoms. The topological polar surface area (TPSA) is 81.7 Å². The van der Waals surface area contributed by atoms with Crippen LogP contribution in [0.2, 0.25) is 5.02 Å². The zero-order chi connectivity index (χ0) is 15.3. The van der Waals surface area contributed by atoms with Crippen LogP contribution >= 0.6 is 11.6 Å². The number of nitrogens with one attached hydrogen (secondary N) is 1. The van der Waals surface area contributed by atoms with Crippen LogP contribution in [0.4, 0.5) is 0 Å². The quantitative estimate of drug-likeness (QED) is 0.640. The number of carbonyl (C=O) groups excluding carboxylic acids is 1. The Morgan fingerprint density at radius 1 is 1.40 bits per heavy atom. The minimum atomic E-state index is -3.96. The summed E-state index contributed by atoms with van der Waals surface area (Å²) in [6.07, 6.45) is 0. The zero-order valence-corrected chi connectivity index (χ0v) is 12.9. The van der Waals surface area contributed by atoms with E-state index in [2.05, 4.69) is 4.74 Å². The van der Waals surface area contributed by atoms with Crippen LogP contribution in [0, 0.1) is 5.92 Å². The fourth-order valence-electron chi connectivity index (χ4n) is 1.28. The summed E-state index contributed by atoms with van der Waals surface area (Å²) in [5, 5.41) is -0.0155. The lowest BCUT2D eigenvalue weighted by Gasteiger charge is -2.10. The van der Waals surface area contributed by atoms with E-state index in [0.29, 0.717) is 0 Å². The van der Waals surface area contributed by atoms with Gasteiger partial charge in [-0.3, -0.25) is 4.84 Å². The van der Waals surface area contributed by atoms with Crippen LogP contribution in [0.25, 0.3) is 0 Å². The Hall–Kier alpha value is -1.15. The van der Waals surface area contributed by atoms with E-state index >= 15 is 0 Å². The van der Waals surface area contributed by atoms with Crippen molar-refractivity contribution in [3.8, 4) is 0 Å². The van der Waals surface area contributed by atoms with Crippen LogP contribution in [-0.4, -0.2) is 28.1 Å². The van der Waals surface area contributed by atoms with Gasteiger partial charge in [-0.05, 0) is 24.1 Å². The van der Waals surface area contributed by atoms with Crippen molar-refractivity contribution >= 4 is 27.6 Å². The first-order chi connectivity index (χ1) is 9.27.